The molecule has 0 saturated carbocycles. The number of methoxy groups -OCH3 is 1. The number of imidazole rings is 1. The first-order valence-corrected chi connectivity index (χ1v) is 7.89. The Bertz CT molecular complexity index is 617. The van der Waals surface area contributed by atoms with Gasteiger partial charge in [-0.25, -0.2) is 4.98 Å². The largest absolute Gasteiger partial charge is 0.468 e. The summed E-state index contributed by atoms with van der Waals surface area (Å²) in [6.07, 6.45) is 7.55. The van der Waals surface area contributed by atoms with Crippen molar-refractivity contribution in [3.63, 3.8) is 0 Å². The van der Waals surface area contributed by atoms with Crippen LogP contribution in [0.1, 0.15) is 12.8 Å². The number of nitrogens with one attached hydrogen (secondary N) is 1. The van der Waals surface area contributed by atoms with Crippen LogP contribution in [0.2, 0.25) is 0 Å². The van der Waals surface area contributed by atoms with Crippen LogP contribution in [0.25, 0.3) is 5.69 Å². The predicted molar refractivity (Wildman–Crippen MR) is 88.7 cm³/mol. The van der Waals surface area contributed by atoms with Crippen LogP contribution in [0.3, 0.4) is 0 Å². The van der Waals surface area contributed by atoms with Crippen LogP contribution in [-0.2, 0) is 9.53 Å². The van der Waals surface area contributed by atoms with E-state index >= 15 is 0 Å². The summed E-state index contributed by atoms with van der Waals surface area (Å²) in [6.45, 7) is 2.22. The number of aromatic nitrogens is 2. The van der Waals surface area contributed by atoms with Crippen molar-refractivity contribution in [1.29, 1.82) is 0 Å². The molecule has 0 spiro atoms. The molecule has 1 saturated heterocycles. The summed E-state index contributed by atoms with van der Waals surface area (Å²) in [5.74, 6) is -0.161. The van der Waals surface area contributed by atoms with Gasteiger partial charge in [0.15, 0.2) is 0 Å². The minimum atomic E-state index is -0.161. The fourth-order valence-electron chi connectivity index (χ4n) is 2.86. The van der Waals surface area contributed by atoms with Crippen LogP contribution in [0.15, 0.2) is 43.0 Å². The molecule has 0 unspecified atom stereocenters. The monoisotopic (exact) mass is 314 g/mol. The number of carbonyl (C=O) groups is 1. The van der Waals surface area contributed by atoms with E-state index in [9.17, 15) is 4.79 Å². The lowest BCUT2D eigenvalue weighted by molar-refractivity contribution is -0.142. The van der Waals surface area contributed by atoms with Crippen molar-refractivity contribution in [2.24, 2.45) is 0 Å². The third-order valence-electron chi connectivity index (χ3n) is 4.21. The molecule has 6 nitrogen and oxygen atoms in total. The summed E-state index contributed by atoms with van der Waals surface area (Å²) >= 11 is 0. The lowest BCUT2D eigenvalue weighted by atomic mass is 10.0. The fourth-order valence-corrected chi connectivity index (χ4v) is 2.86. The quantitative estimate of drug-likeness (QED) is 0.855. The third kappa shape index (κ3) is 4.10. The van der Waals surface area contributed by atoms with E-state index in [2.05, 4.69) is 39.5 Å². The first-order valence-electron chi connectivity index (χ1n) is 7.89. The highest BCUT2D eigenvalue weighted by molar-refractivity contribution is 5.71. The van der Waals surface area contributed by atoms with E-state index in [1.54, 1.807) is 12.5 Å². The lowest BCUT2D eigenvalue weighted by Crippen LogP contribution is -2.41. The number of rotatable bonds is 5. The molecule has 1 aromatic heterocycles. The molecular formula is C17H22N4O2. The summed E-state index contributed by atoms with van der Waals surface area (Å²) in [7, 11) is 1.43. The highest BCUT2D eigenvalue weighted by Crippen LogP contribution is 2.18. The molecule has 0 aliphatic carbocycles. The molecule has 1 aromatic carbocycles. The van der Waals surface area contributed by atoms with Crippen molar-refractivity contribution >= 4 is 11.7 Å². The van der Waals surface area contributed by atoms with Gasteiger partial charge in [0.2, 0.25) is 0 Å². The van der Waals surface area contributed by atoms with Gasteiger partial charge in [-0.3, -0.25) is 9.69 Å². The molecule has 23 heavy (non-hydrogen) atoms. The van der Waals surface area contributed by atoms with Crippen LogP contribution in [0.4, 0.5) is 5.69 Å². The first kappa shape index (κ1) is 15.6. The van der Waals surface area contributed by atoms with Gasteiger partial charge in [0.05, 0.1) is 20.0 Å². The second-order valence-electron chi connectivity index (χ2n) is 5.79. The van der Waals surface area contributed by atoms with Crippen LogP contribution in [0, 0.1) is 0 Å². The molecule has 0 atom stereocenters. The maximum Gasteiger partial charge on any atom is 0.319 e. The Kier molecular flexibility index (Phi) is 4.92. The minimum absolute atomic E-state index is 0.161. The number of hydrogen-bond donors (Lipinski definition) is 1. The number of likely N-dealkylation sites (tertiary alicyclic amines) is 1. The number of hydrogen-bond acceptors (Lipinski definition) is 5. The zero-order valence-electron chi connectivity index (χ0n) is 13.3. The molecule has 6 heteroatoms. The minimum Gasteiger partial charge on any atom is -0.468 e. The van der Waals surface area contributed by atoms with Gasteiger partial charge in [-0.1, -0.05) is 0 Å². The Morgan fingerprint density at radius 3 is 2.65 bits per heavy atom. The van der Waals surface area contributed by atoms with Crippen molar-refractivity contribution in [3.8, 4) is 5.69 Å². The van der Waals surface area contributed by atoms with Crippen molar-refractivity contribution < 1.29 is 9.53 Å². The maximum atomic E-state index is 11.3. The van der Waals surface area contributed by atoms with Crippen LogP contribution in [0.5, 0.6) is 0 Å². The summed E-state index contributed by atoms with van der Waals surface area (Å²) in [5, 5.41) is 3.57. The van der Waals surface area contributed by atoms with E-state index < -0.39 is 0 Å². The van der Waals surface area contributed by atoms with Gasteiger partial charge in [-0.05, 0) is 37.1 Å². The van der Waals surface area contributed by atoms with Crippen molar-refractivity contribution in [3.05, 3.63) is 43.0 Å². The fraction of sp³-hybridized carbons (Fsp3) is 0.412. The van der Waals surface area contributed by atoms with Gasteiger partial charge in [-0.15, -0.1) is 0 Å². The summed E-state index contributed by atoms with van der Waals surface area (Å²) < 4.78 is 6.70. The second kappa shape index (κ2) is 7.28. The van der Waals surface area contributed by atoms with E-state index in [1.807, 2.05) is 10.8 Å². The summed E-state index contributed by atoms with van der Waals surface area (Å²) in [6, 6.07) is 8.79. The van der Waals surface area contributed by atoms with E-state index in [-0.39, 0.29) is 5.97 Å². The first-order chi connectivity index (χ1) is 11.2. The molecule has 1 N–H and O–H groups in total. The molecule has 0 radical (unpaired) electrons. The SMILES string of the molecule is COC(=O)CN1CCC(Nc2ccc(-n3ccnc3)cc2)CC1. The van der Waals surface area contributed by atoms with Gasteiger partial charge >= 0.3 is 5.97 Å². The van der Waals surface area contributed by atoms with Crippen molar-refractivity contribution in [2.75, 3.05) is 32.1 Å². The number of benzene rings is 1. The predicted octanol–water partition coefficient (Wildman–Crippen LogP) is 1.92. The van der Waals surface area contributed by atoms with Gasteiger partial charge in [0, 0.05) is 42.9 Å². The average Bonchev–Trinajstić information content (AvgIpc) is 3.12. The zero-order chi connectivity index (χ0) is 16.1. The van der Waals surface area contributed by atoms with E-state index in [4.69, 9.17) is 4.74 Å². The standard InChI is InChI=1S/C17H22N4O2/c1-23-17(22)12-20-9-6-15(7-10-20)19-14-2-4-16(5-3-14)21-11-8-18-13-21/h2-5,8,11,13,15,19H,6-7,9-10,12H2,1H3. The molecule has 1 aliphatic rings. The molecule has 0 bridgehead atoms. The van der Waals surface area contributed by atoms with Gasteiger partial charge in [0.1, 0.15) is 0 Å². The van der Waals surface area contributed by atoms with Crippen molar-refractivity contribution in [2.45, 2.75) is 18.9 Å². The molecule has 1 fully saturated rings. The number of esters is 1. The number of piperidine rings is 1. The highest BCUT2D eigenvalue weighted by atomic mass is 16.5. The zero-order valence-corrected chi connectivity index (χ0v) is 13.3. The average molecular weight is 314 g/mol. The molecule has 2 aromatic rings. The third-order valence-corrected chi connectivity index (χ3v) is 4.21. The van der Waals surface area contributed by atoms with E-state index in [1.165, 1.54) is 7.11 Å². The Morgan fingerprint density at radius 1 is 1.30 bits per heavy atom. The van der Waals surface area contributed by atoms with Crippen molar-refractivity contribution in [1.82, 2.24) is 14.5 Å². The summed E-state index contributed by atoms with van der Waals surface area (Å²) in [4.78, 5) is 17.5. The molecular weight excluding hydrogens is 292 g/mol. The number of carbonyl (C=O) groups excluding carboxylic acids is 1. The van der Waals surface area contributed by atoms with E-state index in [0.29, 0.717) is 12.6 Å². The number of anilines is 1. The molecule has 2 heterocycles. The van der Waals surface area contributed by atoms with Gasteiger partial charge < -0.3 is 14.6 Å². The van der Waals surface area contributed by atoms with E-state index in [0.717, 1.165) is 37.3 Å². The van der Waals surface area contributed by atoms with Gasteiger partial charge in [-0.2, -0.15) is 0 Å². The van der Waals surface area contributed by atoms with Crippen LogP contribution < -0.4 is 5.32 Å². The topological polar surface area (TPSA) is 59.4 Å². The smallest absolute Gasteiger partial charge is 0.319 e. The Morgan fingerprint density at radius 2 is 2.04 bits per heavy atom. The second-order valence-corrected chi connectivity index (χ2v) is 5.79. The Labute approximate surface area is 136 Å². The molecule has 1 aliphatic heterocycles. The van der Waals surface area contributed by atoms with Crippen LogP contribution >= 0.6 is 0 Å². The Balaban J connectivity index is 1.50. The number of ether oxygens (including phenoxy) is 1. The highest BCUT2D eigenvalue weighted by Gasteiger charge is 2.20. The van der Waals surface area contributed by atoms with Gasteiger partial charge in [0.25, 0.3) is 0 Å². The Hall–Kier alpha value is -2.34. The number of nitrogens with zero attached hydrogens (tertiary/aromatic N) is 3. The molecule has 3 rings (SSSR count). The summed E-state index contributed by atoms with van der Waals surface area (Å²) in [5.41, 5.74) is 2.22. The lowest BCUT2D eigenvalue weighted by Gasteiger charge is -2.32. The molecule has 122 valence electrons. The molecule has 0 amide bonds. The maximum absolute atomic E-state index is 11.3. The normalized spacial score (nSPS) is 16.2. The van der Waals surface area contributed by atoms with Crippen LogP contribution in [-0.4, -0.2) is 53.2 Å².